The van der Waals surface area contributed by atoms with Crippen molar-refractivity contribution in [3.8, 4) is 0 Å². The first kappa shape index (κ1) is 20.0. The van der Waals surface area contributed by atoms with Crippen LogP contribution >= 0.6 is 21.6 Å². The molecule has 0 bridgehead atoms. The molecule has 0 aromatic rings. The van der Waals surface area contributed by atoms with E-state index in [4.69, 9.17) is 0 Å². The molecule has 8 nitrogen and oxygen atoms in total. The zero-order valence-electron chi connectivity index (χ0n) is 15.4. The maximum absolute atomic E-state index is 11.6. The topological polar surface area (TPSA) is 99.5 Å². The Balaban J connectivity index is 1.27. The van der Waals surface area contributed by atoms with E-state index in [0.29, 0.717) is 24.3 Å². The number of imide groups is 2. The smallest absolute Gasteiger partial charge is 0.267 e. The third kappa shape index (κ3) is 4.50. The van der Waals surface area contributed by atoms with Crippen LogP contribution in [0.25, 0.3) is 0 Å². The van der Waals surface area contributed by atoms with Gasteiger partial charge in [-0.1, -0.05) is 33.7 Å². The van der Waals surface area contributed by atoms with E-state index in [9.17, 15) is 19.2 Å². The Morgan fingerprint density at radius 1 is 0.567 bits per heavy atom. The van der Waals surface area contributed by atoms with Crippen LogP contribution in [0.5, 0.6) is 0 Å². The Bertz CT molecular complexity index is 970. The van der Waals surface area contributed by atoms with E-state index in [0.717, 1.165) is 19.8 Å². The molecule has 10 heteroatoms. The first-order valence-electron chi connectivity index (χ1n) is 8.88. The Hall–Kier alpha value is -3.24. The average Bonchev–Trinajstić information content (AvgIpc) is 3.24. The zero-order valence-corrected chi connectivity index (χ0v) is 17.1. The molecule has 0 N–H and O–H groups in total. The molecule has 2 aliphatic heterocycles. The first-order chi connectivity index (χ1) is 14.5. The highest BCUT2D eigenvalue weighted by molar-refractivity contribution is 8.79. The van der Waals surface area contributed by atoms with Gasteiger partial charge in [0.2, 0.25) is 0 Å². The lowest BCUT2D eigenvalue weighted by atomic mass is 10.1. The van der Waals surface area contributed by atoms with Crippen LogP contribution in [0.3, 0.4) is 0 Å². The largest absolute Gasteiger partial charge is 0.274 e. The standard InChI is InChI=1S/C20H14N4O4S2/c25-17-9-10-18(26)23(17)21-13-1-5-15(6-2-13)29-30-16-7-3-14(4-8-16)22-24-19(27)11-12-20(24)28/h1,3,5-12H,2,4H2. The van der Waals surface area contributed by atoms with Crippen molar-refractivity contribution >= 4 is 56.6 Å². The molecule has 0 unspecified atom stereocenters. The van der Waals surface area contributed by atoms with Crippen LogP contribution in [0, 0.1) is 0 Å². The lowest BCUT2D eigenvalue weighted by Gasteiger charge is -2.13. The van der Waals surface area contributed by atoms with Crippen molar-refractivity contribution in [1.82, 2.24) is 10.0 Å². The highest BCUT2D eigenvalue weighted by Gasteiger charge is 2.24. The van der Waals surface area contributed by atoms with E-state index in [1.807, 2.05) is 24.3 Å². The highest BCUT2D eigenvalue weighted by atomic mass is 33.1. The number of carbonyl (C=O) groups excluding carboxylic acids is 4. The van der Waals surface area contributed by atoms with E-state index < -0.39 is 23.6 Å². The average molecular weight is 438 g/mol. The van der Waals surface area contributed by atoms with Gasteiger partial charge in [-0.05, 0) is 24.3 Å². The monoisotopic (exact) mass is 438 g/mol. The van der Waals surface area contributed by atoms with Gasteiger partial charge in [0.15, 0.2) is 0 Å². The van der Waals surface area contributed by atoms with E-state index in [1.165, 1.54) is 24.3 Å². The fourth-order valence-corrected chi connectivity index (χ4v) is 4.71. The lowest BCUT2D eigenvalue weighted by Crippen LogP contribution is -2.25. The van der Waals surface area contributed by atoms with Crippen molar-refractivity contribution in [2.24, 2.45) is 10.2 Å². The van der Waals surface area contributed by atoms with Crippen LogP contribution in [0.4, 0.5) is 0 Å². The fourth-order valence-electron chi connectivity index (χ4n) is 2.65. The minimum absolute atomic E-state index is 0.436. The predicted molar refractivity (Wildman–Crippen MR) is 116 cm³/mol. The molecule has 0 spiro atoms. The van der Waals surface area contributed by atoms with Gasteiger partial charge in [-0.2, -0.15) is 20.2 Å². The third-order valence-corrected chi connectivity index (χ3v) is 6.65. The molecule has 2 heterocycles. The molecular formula is C20H14N4O4S2. The fraction of sp³-hybridized carbons (Fsp3) is 0.100. The second-order valence-electron chi connectivity index (χ2n) is 6.28. The number of hydrazone groups is 2. The molecule has 30 heavy (non-hydrogen) atoms. The highest BCUT2D eigenvalue weighted by Crippen LogP contribution is 2.39. The summed E-state index contributed by atoms with van der Waals surface area (Å²) < 4.78 is 0. The summed E-state index contributed by atoms with van der Waals surface area (Å²) in [6.07, 6.45) is 17.1. The van der Waals surface area contributed by atoms with Gasteiger partial charge in [-0.25, -0.2) is 0 Å². The summed E-state index contributed by atoms with van der Waals surface area (Å²) in [6, 6.07) is 0. The number of hydrogen-bond donors (Lipinski definition) is 0. The van der Waals surface area contributed by atoms with Crippen LogP contribution in [-0.2, 0) is 19.2 Å². The minimum atomic E-state index is -0.436. The molecule has 2 aliphatic carbocycles. The van der Waals surface area contributed by atoms with Crippen LogP contribution in [0.1, 0.15) is 12.8 Å². The normalized spacial score (nSPS) is 23.5. The number of allylic oxidation sites excluding steroid dienone is 6. The molecule has 4 rings (SSSR count). The van der Waals surface area contributed by atoms with E-state index in [2.05, 4.69) is 10.2 Å². The Morgan fingerprint density at radius 2 is 0.933 bits per heavy atom. The Labute approximate surface area is 179 Å². The Morgan fingerprint density at radius 3 is 1.23 bits per heavy atom. The summed E-state index contributed by atoms with van der Waals surface area (Å²) >= 11 is 0. The SMILES string of the molecule is O=C1C=CC(=O)N1N=C1C=CC(SSC2=CCC(=NN3C(=O)C=CC3=O)C=C2)=CC1. The molecular weight excluding hydrogens is 424 g/mol. The molecule has 4 aliphatic rings. The molecule has 0 aromatic carbocycles. The van der Waals surface area contributed by atoms with Gasteiger partial charge in [0.25, 0.3) is 23.6 Å². The molecule has 0 saturated heterocycles. The second kappa shape index (κ2) is 8.64. The summed E-state index contributed by atoms with van der Waals surface area (Å²) in [4.78, 5) is 48.3. The molecule has 4 amide bonds. The predicted octanol–water partition coefficient (Wildman–Crippen LogP) is 2.62. The maximum atomic E-state index is 11.6. The molecule has 0 radical (unpaired) electrons. The summed E-state index contributed by atoms with van der Waals surface area (Å²) in [5, 5.41) is 9.90. The van der Waals surface area contributed by atoms with E-state index in [1.54, 1.807) is 33.7 Å². The Kier molecular flexibility index (Phi) is 5.77. The summed E-state index contributed by atoms with van der Waals surface area (Å²) in [5.41, 5.74) is 1.26. The van der Waals surface area contributed by atoms with Gasteiger partial charge in [0, 0.05) is 47.0 Å². The van der Waals surface area contributed by atoms with Crippen molar-refractivity contribution in [2.45, 2.75) is 12.8 Å². The van der Waals surface area contributed by atoms with Gasteiger partial charge < -0.3 is 0 Å². The van der Waals surface area contributed by atoms with Crippen molar-refractivity contribution in [2.75, 3.05) is 0 Å². The van der Waals surface area contributed by atoms with E-state index >= 15 is 0 Å². The number of nitrogens with zero attached hydrogens (tertiary/aromatic N) is 4. The van der Waals surface area contributed by atoms with Gasteiger partial charge in [0.1, 0.15) is 0 Å². The number of rotatable bonds is 5. The quantitative estimate of drug-likeness (QED) is 0.483. The lowest BCUT2D eigenvalue weighted by molar-refractivity contribution is -0.138. The molecule has 0 atom stereocenters. The van der Waals surface area contributed by atoms with Crippen LogP contribution in [0.15, 0.2) is 80.8 Å². The van der Waals surface area contributed by atoms with E-state index in [-0.39, 0.29) is 0 Å². The number of amides is 4. The van der Waals surface area contributed by atoms with Crippen LogP contribution in [0.2, 0.25) is 0 Å². The second-order valence-corrected chi connectivity index (χ2v) is 8.56. The summed E-state index contributed by atoms with van der Waals surface area (Å²) in [7, 11) is 3.15. The number of carbonyl (C=O) groups is 4. The van der Waals surface area contributed by atoms with Gasteiger partial charge in [0.05, 0.1) is 11.4 Å². The summed E-state index contributed by atoms with van der Waals surface area (Å²) in [6.45, 7) is 0. The van der Waals surface area contributed by atoms with Crippen molar-refractivity contribution in [3.63, 3.8) is 0 Å². The first-order valence-corrected chi connectivity index (χ1v) is 11.0. The molecule has 150 valence electrons. The molecule has 0 aromatic heterocycles. The van der Waals surface area contributed by atoms with Crippen molar-refractivity contribution < 1.29 is 19.2 Å². The summed E-state index contributed by atoms with van der Waals surface area (Å²) in [5.74, 6) is -1.74. The van der Waals surface area contributed by atoms with Gasteiger partial charge in [-0.3, -0.25) is 19.2 Å². The third-order valence-electron chi connectivity index (χ3n) is 4.17. The van der Waals surface area contributed by atoms with Crippen molar-refractivity contribution in [3.05, 3.63) is 70.6 Å². The maximum Gasteiger partial charge on any atom is 0.274 e. The van der Waals surface area contributed by atoms with Crippen LogP contribution < -0.4 is 0 Å². The zero-order chi connectivity index (χ0) is 21.1. The minimum Gasteiger partial charge on any atom is -0.267 e. The molecule has 0 fully saturated rings. The molecule has 0 saturated carbocycles. The number of hydrogen-bond acceptors (Lipinski definition) is 8. The van der Waals surface area contributed by atoms with Crippen molar-refractivity contribution in [1.29, 1.82) is 0 Å². The van der Waals surface area contributed by atoms with Crippen LogP contribution in [-0.4, -0.2) is 45.1 Å². The van der Waals surface area contributed by atoms with Gasteiger partial charge in [-0.15, -0.1) is 0 Å². The van der Waals surface area contributed by atoms with Gasteiger partial charge >= 0.3 is 0 Å².